The first-order valence-corrected chi connectivity index (χ1v) is 3.54. The molecule has 1 nitrogen and oxygen atoms in total. The van der Waals surface area contributed by atoms with Gasteiger partial charge in [-0.3, -0.25) is 0 Å². The first kappa shape index (κ1) is 9.44. The van der Waals surface area contributed by atoms with E-state index in [1.165, 1.54) is 5.57 Å². The molecule has 0 rings (SSSR count). The molecule has 0 aromatic heterocycles. The fourth-order valence-electron chi connectivity index (χ4n) is 0.462. The molecule has 58 valence electrons. The maximum absolute atomic E-state index is 5.03. The number of methoxy groups -OCH3 is 1. The van der Waals surface area contributed by atoms with Crippen molar-refractivity contribution in [3.8, 4) is 0 Å². The second-order valence-electron chi connectivity index (χ2n) is 2.33. The minimum Gasteiger partial charge on any atom is -0.378 e. The predicted octanol–water partition coefficient (Wildman–Crippen LogP) is 2.54. The van der Waals surface area contributed by atoms with Gasteiger partial charge >= 0.3 is 0 Å². The van der Waals surface area contributed by atoms with E-state index in [2.05, 4.69) is 19.1 Å². The number of rotatable bonds is 3. The van der Waals surface area contributed by atoms with Gasteiger partial charge in [-0.1, -0.05) is 23.8 Å². The summed E-state index contributed by atoms with van der Waals surface area (Å²) >= 11 is 0. The topological polar surface area (TPSA) is 9.23 Å². The van der Waals surface area contributed by atoms with Crippen molar-refractivity contribution < 1.29 is 4.74 Å². The monoisotopic (exact) mass is 140 g/mol. The molecule has 0 radical (unpaired) electrons. The first-order valence-electron chi connectivity index (χ1n) is 3.54. The molecule has 1 unspecified atom stereocenters. The molecule has 0 spiro atoms. The van der Waals surface area contributed by atoms with Crippen LogP contribution in [0, 0.1) is 0 Å². The lowest BCUT2D eigenvalue weighted by atomic mass is 10.2. The summed E-state index contributed by atoms with van der Waals surface area (Å²) in [5, 5.41) is 0. The third kappa shape index (κ3) is 4.33. The molecule has 1 heteroatoms. The Bertz CT molecular complexity index is 134. The number of allylic oxidation sites excluding steroid dienone is 3. The fourth-order valence-corrected chi connectivity index (χ4v) is 0.462. The van der Waals surface area contributed by atoms with E-state index >= 15 is 0 Å². The summed E-state index contributed by atoms with van der Waals surface area (Å²) in [5.41, 5.74) is 1.27. The van der Waals surface area contributed by atoms with Crippen LogP contribution in [-0.4, -0.2) is 13.2 Å². The van der Waals surface area contributed by atoms with Crippen molar-refractivity contribution in [2.75, 3.05) is 7.11 Å². The number of hydrogen-bond donors (Lipinski definition) is 0. The molecule has 0 aliphatic carbocycles. The fraction of sp³-hybridized carbons (Fsp3) is 0.556. The molecule has 1 atom stereocenters. The maximum atomic E-state index is 5.03. The number of ether oxygens (including phenoxy) is 1. The lowest BCUT2D eigenvalue weighted by Gasteiger charge is -2.00. The van der Waals surface area contributed by atoms with Crippen LogP contribution in [0.3, 0.4) is 0 Å². The standard InChI is InChI=1S/C9H16O/c1-5-8(2)6-7-9(3)10-4/h5-7,9H,1-4H3/b7-6-,8-5-. The van der Waals surface area contributed by atoms with E-state index in [1.54, 1.807) is 7.11 Å². The normalized spacial score (nSPS) is 16.2. The van der Waals surface area contributed by atoms with Crippen LogP contribution in [0.15, 0.2) is 23.8 Å². The van der Waals surface area contributed by atoms with E-state index in [9.17, 15) is 0 Å². The van der Waals surface area contributed by atoms with E-state index < -0.39 is 0 Å². The first-order chi connectivity index (χ1) is 4.70. The minimum atomic E-state index is 0.217. The SMILES string of the molecule is C/C=C(C)\C=C/C(C)OC. The highest BCUT2D eigenvalue weighted by molar-refractivity contribution is 5.15. The molecule has 0 aromatic carbocycles. The molecule has 0 saturated carbocycles. The predicted molar refractivity (Wildman–Crippen MR) is 45.0 cm³/mol. The van der Waals surface area contributed by atoms with Crippen LogP contribution in [0.5, 0.6) is 0 Å². The molecule has 0 N–H and O–H groups in total. The largest absolute Gasteiger partial charge is 0.378 e. The van der Waals surface area contributed by atoms with Crippen molar-refractivity contribution in [2.45, 2.75) is 26.9 Å². The highest BCUT2D eigenvalue weighted by Gasteiger charge is 1.88. The molecule has 0 saturated heterocycles. The van der Waals surface area contributed by atoms with Gasteiger partial charge < -0.3 is 4.74 Å². The van der Waals surface area contributed by atoms with E-state index in [0.29, 0.717) is 0 Å². The molecule has 0 aliphatic heterocycles. The van der Waals surface area contributed by atoms with Gasteiger partial charge in [-0.2, -0.15) is 0 Å². The van der Waals surface area contributed by atoms with Crippen LogP contribution < -0.4 is 0 Å². The molecule has 0 amide bonds. The second-order valence-corrected chi connectivity index (χ2v) is 2.33. The van der Waals surface area contributed by atoms with Gasteiger partial charge in [-0.25, -0.2) is 0 Å². The lowest BCUT2D eigenvalue weighted by Crippen LogP contribution is -1.98. The molecule has 0 aliphatic rings. The van der Waals surface area contributed by atoms with Gasteiger partial charge in [0.2, 0.25) is 0 Å². The Morgan fingerprint density at radius 1 is 1.50 bits per heavy atom. The molecule has 0 aromatic rings. The van der Waals surface area contributed by atoms with Crippen LogP contribution in [-0.2, 0) is 4.74 Å². The van der Waals surface area contributed by atoms with Crippen molar-refractivity contribution in [3.05, 3.63) is 23.8 Å². The quantitative estimate of drug-likeness (QED) is 0.547. The summed E-state index contributed by atoms with van der Waals surface area (Å²) in [7, 11) is 1.71. The lowest BCUT2D eigenvalue weighted by molar-refractivity contribution is 0.156. The molecular weight excluding hydrogens is 124 g/mol. The van der Waals surface area contributed by atoms with Crippen LogP contribution >= 0.6 is 0 Å². The van der Waals surface area contributed by atoms with Gasteiger partial charge in [0.05, 0.1) is 6.10 Å². The van der Waals surface area contributed by atoms with Gasteiger partial charge in [-0.15, -0.1) is 0 Å². The van der Waals surface area contributed by atoms with Crippen molar-refractivity contribution in [1.82, 2.24) is 0 Å². The van der Waals surface area contributed by atoms with Gasteiger partial charge in [-0.05, 0) is 20.8 Å². The summed E-state index contributed by atoms with van der Waals surface area (Å²) in [5.74, 6) is 0. The molecule has 0 heterocycles. The summed E-state index contributed by atoms with van der Waals surface area (Å²) in [6, 6.07) is 0. The third-order valence-electron chi connectivity index (χ3n) is 1.46. The Morgan fingerprint density at radius 3 is 2.50 bits per heavy atom. The zero-order chi connectivity index (χ0) is 7.98. The van der Waals surface area contributed by atoms with E-state index in [-0.39, 0.29) is 6.10 Å². The third-order valence-corrected chi connectivity index (χ3v) is 1.46. The van der Waals surface area contributed by atoms with Crippen molar-refractivity contribution in [3.63, 3.8) is 0 Å². The Hall–Kier alpha value is -0.560. The highest BCUT2D eigenvalue weighted by Crippen LogP contribution is 1.97. The van der Waals surface area contributed by atoms with E-state index in [0.717, 1.165) is 0 Å². The highest BCUT2D eigenvalue weighted by atomic mass is 16.5. The molecule has 0 fully saturated rings. The summed E-state index contributed by atoms with van der Waals surface area (Å²) < 4.78 is 5.03. The Morgan fingerprint density at radius 2 is 2.10 bits per heavy atom. The smallest absolute Gasteiger partial charge is 0.0727 e. The minimum absolute atomic E-state index is 0.217. The van der Waals surface area contributed by atoms with Gasteiger partial charge in [0.1, 0.15) is 0 Å². The van der Waals surface area contributed by atoms with Crippen LogP contribution in [0.2, 0.25) is 0 Å². The second kappa shape index (κ2) is 5.24. The van der Waals surface area contributed by atoms with Crippen LogP contribution in [0.4, 0.5) is 0 Å². The Kier molecular flexibility index (Phi) is 4.95. The van der Waals surface area contributed by atoms with Gasteiger partial charge in [0.15, 0.2) is 0 Å². The Labute approximate surface area is 63.4 Å². The van der Waals surface area contributed by atoms with Crippen molar-refractivity contribution >= 4 is 0 Å². The zero-order valence-corrected chi connectivity index (χ0v) is 7.22. The summed E-state index contributed by atoms with van der Waals surface area (Å²) in [6.45, 7) is 6.11. The van der Waals surface area contributed by atoms with E-state index in [1.807, 2.05) is 19.9 Å². The van der Waals surface area contributed by atoms with Crippen LogP contribution in [0.1, 0.15) is 20.8 Å². The molecular formula is C9H16O. The van der Waals surface area contributed by atoms with Crippen molar-refractivity contribution in [1.29, 1.82) is 0 Å². The van der Waals surface area contributed by atoms with Gasteiger partial charge in [0.25, 0.3) is 0 Å². The van der Waals surface area contributed by atoms with E-state index in [4.69, 9.17) is 4.74 Å². The average Bonchev–Trinajstić information content (AvgIpc) is 1.99. The van der Waals surface area contributed by atoms with Crippen molar-refractivity contribution in [2.24, 2.45) is 0 Å². The summed E-state index contributed by atoms with van der Waals surface area (Å²) in [4.78, 5) is 0. The van der Waals surface area contributed by atoms with Crippen LogP contribution in [0.25, 0.3) is 0 Å². The van der Waals surface area contributed by atoms with Gasteiger partial charge in [0, 0.05) is 7.11 Å². The summed E-state index contributed by atoms with van der Waals surface area (Å²) in [6.07, 6.45) is 6.39. The zero-order valence-electron chi connectivity index (χ0n) is 7.22. The average molecular weight is 140 g/mol. The number of hydrogen-bond acceptors (Lipinski definition) is 1. The molecule has 0 bridgehead atoms. The Balaban J connectivity index is 3.75. The maximum Gasteiger partial charge on any atom is 0.0727 e. The molecule has 10 heavy (non-hydrogen) atoms.